The van der Waals surface area contributed by atoms with Gasteiger partial charge in [0, 0.05) is 12.6 Å². The van der Waals surface area contributed by atoms with Gasteiger partial charge in [-0.2, -0.15) is 0 Å². The second-order valence-corrected chi connectivity index (χ2v) is 5.49. The van der Waals surface area contributed by atoms with Gasteiger partial charge in [-0.15, -0.1) is 10.2 Å². The molecule has 1 N–H and O–H groups in total. The van der Waals surface area contributed by atoms with E-state index in [9.17, 15) is 4.79 Å². The molecule has 0 fully saturated rings. The molecule has 0 radical (unpaired) electrons. The molecule has 5 nitrogen and oxygen atoms in total. The van der Waals surface area contributed by atoms with E-state index in [2.05, 4.69) is 46.7 Å². The van der Waals surface area contributed by atoms with Crippen LogP contribution >= 0.6 is 0 Å². The summed E-state index contributed by atoms with van der Waals surface area (Å²) in [5, 5.41) is 11.1. The van der Waals surface area contributed by atoms with Crippen molar-refractivity contribution < 1.29 is 4.79 Å². The predicted octanol–water partition coefficient (Wildman–Crippen LogP) is 2.54. The second kappa shape index (κ2) is 7.05. The lowest BCUT2D eigenvalue weighted by atomic mass is 10.1. The summed E-state index contributed by atoms with van der Waals surface area (Å²) in [7, 11) is 0. The SMILES string of the molecule is CCc1ccc(CCC(=O)NCc2nnc3ccccn23)cc1. The molecule has 3 aromatic rings. The first-order chi connectivity index (χ1) is 11.3. The van der Waals surface area contributed by atoms with Crippen molar-refractivity contribution >= 4 is 11.6 Å². The van der Waals surface area contributed by atoms with Crippen molar-refractivity contribution in [3.8, 4) is 0 Å². The highest BCUT2D eigenvalue weighted by Crippen LogP contribution is 2.07. The van der Waals surface area contributed by atoms with E-state index in [1.807, 2.05) is 28.8 Å². The number of hydrogen-bond donors (Lipinski definition) is 1. The predicted molar refractivity (Wildman–Crippen MR) is 89.0 cm³/mol. The number of hydrogen-bond acceptors (Lipinski definition) is 3. The fraction of sp³-hybridized carbons (Fsp3) is 0.278. The average Bonchev–Trinajstić information content (AvgIpc) is 3.02. The van der Waals surface area contributed by atoms with Gasteiger partial charge < -0.3 is 5.32 Å². The molecule has 0 saturated carbocycles. The van der Waals surface area contributed by atoms with Gasteiger partial charge in [0.2, 0.25) is 5.91 Å². The molecule has 118 valence electrons. The zero-order valence-corrected chi connectivity index (χ0v) is 13.2. The summed E-state index contributed by atoms with van der Waals surface area (Å²) in [5.41, 5.74) is 3.29. The Bertz CT molecular complexity index is 792. The molecule has 0 spiro atoms. The Morgan fingerprint density at radius 3 is 2.65 bits per heavy atom. The summed E-state index contributed by atoms with van der Waals surface area (Å²) in [6, 6.07) is 14.2. The maximum atomic E-state index is 12.0. The van der Waals surface area contributed by atoms with Crippen molar-refractivity contribution in [2.45, 2.75) is 32.7 Å². The molecule has 3 rings (SSSR count). The fourth-order valence-electron chi connectivity index (χ4n) is 2.48. The van der Waals surface area contributed by atoms with E-state index in [1.165, 1.54) is 11.1 Å². The molecule has 2 aromatic heterocycles. The molecule has 0 saturated heterocycles. The third-order valence-corrected chi connectivity index (χ3v) is 3.90. The number of carbonyl (C=O) groups excluding carboxylic acids is 1. The van der Waals surface area contributed by atoms with E-state index in [1.54, 1.807) is 0 Å². The van der Waals surface area contributed by atoms with Gasteiger partial charge in [0.05, 0.1) is 6.54 Å². The molecule has 0 bridgehead atoms. The first kappa shape index (κ1) is 15.2. The molecule has 0 aliphatic rings. The van der Waals surface area contributed by atoms with Crippen molar-refractivity contribution in [1.29, 1.82) is 0 Å². The standard InChI is InChI=1S/C18H20N4O/c1-2-14-6-8-15(9-7-14)10-11-18(23)19-13-17-21-20-16-5-3-4-12-22(16)17/h3-9,12H,2,10-11,13H2,1H3,(H,19,23). The number of aryl methyl sites for hydroxylation is 2. The molecular formula is C18H20N4O. The Morgan fingerprint density at radius 2 is 1.87 bits per heavy atom. The van der Waals surface area contributed by atoms with Crippen molar-refractivity contribution in [2.75, 3.05) is 0 Å². The molecule has 0 aliphatic carbocycles. The normalized spacial score (nSPS) is 10.8. The lowest BCUT2D eigenvalue weighted by Crippen LogP contribution is -2.24. The highest BCUT2D eigenvalue weighted by atomic mass is 16.1. The molecule has 1 aromatic carbocycles. The summed E-state index contributed by atoms with van der Waals surface area (Å²) >= 11 is 0. The molecular weight excluding hydrogens is 288 g/mol. The smallest absolute Gasteiger partial charge is 0.220 e. The zero-order valence-electron chi connectivity index (χ0n) is 13.2. The summed E-state index contributed by atoms with van der Waals surface area (Å²) in [4.78, 5) is 12.0. The fourth-order valence-corrected chi connectivity index (χ4v) is 2.48. The van der Waals surface area contributed by atoms with Crippen LogP contribution in [0.3, 0.4) is 0 Å². The van der Waals surface area contributed by atoms with Gasteiger partial charge in [-0.05, 0) is 36.1 Å². The first-order valence-corrected chi connectivity index (χ1v) is 7.89. The Hall–Kier alpha value is -2.69. The monoisotopic (exact) mass is 308 g/mol. The average molecular weight is 308 g/mol. The van der Waals surface area contributed by atoms with Crippen molar-refractivity contribution in [1.82, 2.24) is 19.9 Å². The number of rotatable bonds is 6. The van der Waals surface area contributed by atoms with E-state index in [4.69, 9.17) is 0 Å². The highest BCUT2D eigenvalue weighted by molar-refractivity contribution is 5.76. The lowest BCUT2D eigenvalue weighted by Gasteiger charge is -2.05. The van der Waals surface area contributed by atoms with E-state index >= 15 is 0 Å². The van der Waals surface area contributed by atoms with Gasteiger partial charge in [0.15, 0.2) is 11.5 Å². The van der Waals surface area contributed by atoms with Crippen LogP contribution in [0.15, 0.2) is 48.7 Å². The van der Waals surface area contributed by atoms with Gasteiger partial charge in [-0.3, -0.25) is 9.20 Å². The molecule has 0 atom stereocenters. The minimum absolute atomic E-state index is 0.0252. The van der Waals surface area contributed by atoms with Crippen LogP contribution in [0.2, 0.25) is 0 Å². The number of pyridine rings is 1. The number of carbonyl (C=O) groups is 1. The Kier molecular flexibility index (Phi) is 4.66. The van der Waals surface area contributed by atoms with Gasteiger partial charge in [0.1, 0.15) is 0 Å². The Balaban J connectivity index is 1.51. The van der Waals surface area contributed by atoms with E-state index in [0.29, 0.717) is 13.0 Å². The number of fused-ring (bicyclic) bond motifs is 1. The van der Waals surface area contributed by atoms with Crippen LogP contribution in [0.5, 0.6) is 0 Å². The number of amides is 1. The number of benzene rings is 1. The molecule has 5 heteroatoms. The lowest BCUT2D eigenvalue weighted by molar-refractivity contribution is -0.121. The minimum atomic E-state index is 0.0252. The second-order valence-electron chi connectivity index (χ2n) is 5.49. The third-order valence-electron chi connectivity index (χ3n) is 3.90. The molecule has 0 unspecified atom stereocenters. The van der Waals surface area contributed by atoms with Gasteiger partial charge >= 0.3 is 0 Å². The van der Waals surface area contributed by atoms with Crippen molar-refractivity contribution in [3.05, 3.63) is 65.6 Å². The molecule has 0 aliphatic heterocycles. The van der Waals surface area contributed by atoms with Crippen LogP contribution in [-0.2, 0) is 24.2 Å². The Morgan fingerprint density at radius 1 is 1.09 bits per heavy atom. The van der Waals surface area contributed by atoms with Crippen LogP contribution in [0.1, 0.15) is 30.3 Å². The summed E-state index contributed by atoms with van der Waals surface area (Å²) in [6.45, 7) is 2.52. The van der Waals surface area contributed by atoms with E-state index < -0.39 is 0 Å². The topological polar surface area (TPSA) is 59.3 Å². The van der Waals surface area contributed by atoms with Gasteiger partial charge in [0.25, 0.3) is 0 Å². The van der Waals surface area contributed by atoms with Crippen molar-refractivity contribution in [3.63, 3.8) is 0 Å². The van der Waals surface area contributed by atoms with Crippen molar-refractivity contribution in [2.24, 2.45) is 0 Å². The largest absolute Gasteiger partial charge is 0.349 e. The van der Waals surface area contributed by atoms with Gasteiger partial charge in [-0.1, -0.05) is 37.3 Å². The number of aromatic nitrogens is 3. The Labute approximate surface area is 135 Å². The molecule has 2 heterocycles. The first-order valence-electron chi connectivity index (χ1n) is 7.89. The highest BCUT2D eigenvalue weighted by Gasteiger charge is 2.07. The summed E-state index contributed by atoms with van der Waals surface area (Å²) in [5.74, 6) is 0.762. The van der Waals surface area contributed by atoms with Crippen LogP contribution in [-0.4, -0.2) is 20.5 Å². The zero-order chi connectivity index (χ0) is 16.1. The maximum absolute atomic E-state index is 12.0. The third kappa shape index (κ3) is 3.74. The van der Waals surface area contributed by atoms with Crippen LogP contribution < -0.4 is 5.32 Å². The molecule has 1 amide bonds. The quantitative estimate of drug-likeness (QED) is 0.761. The van der Waals surface area contributed by atoms with Crippen LogP contribution in [0.4, 0.5) is 0 Å². The van der Waals surface area contributed by atoms with E-state index in [-0.39, 0.29) is 5.91 Å². The summed E-state index contributed by atoms with van der Waals surface area (Å²) in [6.07, 6.45) is 4.15. The number of nitrogens with zero attached hydrogens (tertiary/aromatic N) is 3. The molecule has 23 heavy (non-hydrogen) atoms. The summed E-state index contributed by atoms with van der Waals surface area (Å²) < 4.78 is 1.88. The van der Waals surface area contributed by atoms with Crippen LogP contribution in [0, 0.1) is 0 Å². The maximum Gasteiger partial charge on any atom is 0.220 e. The van der Waals surface area contributed by atoms with Crippen LogP contribution in [0.25, 0.3) is 5.65 Å². The van der Waals surface area contributed by atoms with Gasteiger partial charge in [-0.25, -0.2) is 0 Å². The van der Waals surface area contributed by atoms with E-state index in [0.717, 1.165) is 24.3 Å². The number of nitrogens with one attached hydrogen (secondary N) is 1. The minimum Gasteiger partial charge on any atom is -0.349 e.